The first kappa shape index (κ1) is 11.5. The summed E-state index contributed by atoms with van der Waals surface area (Å²) in [6.07, 6.45) is 0.338. The predicted octanol–water partition coefficient (Wildman–Crippen LogP) is 0.958. The monoisotopic (exact) mass is 209 g/mol. The van der Waals surface area contributed by atoms with Crippen LogP contribution in [0.5, 0.6) is 5.75 Å². The number of nitrogens with two attached hydrogens (primary N) is 1. The van der Waals surface area contributed by atoms with Gasteiger partial charge in [0.1, 0.15) is 11.8 Å². The summed E-state index contributed by atoms with van der Waals surface area (Å²) >= 11 is 0. The van der Waals surface area contributed by atoms with Gasteiger partial charge in [-0.3, -0.25) is 4.79 Å². The summed E-state index contributed by atoms with van der Waals surface area (Å²) in [5.74, 6) is -0.217. The van der Waals surface area contributed by atoms with Gasteiger partial charge in [-0.1, -0.05) is 6.07 Å². The Balaban J connectivity index is 2.82. The van der Waals surface area contributed by atoms with E-state index in [1.165, 1.54) is 0 Å². The van der Waals surface area contributed by atoms with E-state index in [0.29, 0.717) is 6.42 Å². The highest BCUT2D eigenvalue weighted by molar-refractivity contribution is 5.73. The van der Waals surface area contributed by atoms with Crippen LogP contribution in [0.25, 0.3) is 0 Å². The topological polar surface area (TPSA) is 72.5 Å². The third-order valence-electron chi connectivity index (χ3n) is 2.31. The van der Waals surface area contributed by atoms with E-state index in [-0.39, 0.29) is 0 Å². The summed E-state index contributed by atoms with van der Waals surface area (Å²) < 4.78 is 5.05. The molecule has 1 aromatic carbocycles. The second-order valence-corrected chi connectivity index (χ2v) is 3.44. The summed E-state index contributed by atoms with van der Waals surface area (Å²) in [5.41, 5.74) is 7.38. The zero-order chi connectivity index (χ0) is 11.4. The quantitative estimate of drug-likeness (QED) is 0.774. The van der Waals surface area contributed by atoms with Crippen molar-refractivity contribution < 1.29 is 14.6 Å². The molecule has 0 aliphatic heterocycles. The van der Waals surface area contributed by atoms with Crippen molar-refractivity contribution in [3.63, 3.8) is 0 Å². The van der Waals surface area contributed by atoms with Gasteiger partial charge >= 0.3 is 5.97 Å². The molecule has 0 aromatic heterocycles. The fourth-order valence-corrected chi connectivity index (χ4v) is 1.35. The van der Waals surface area contributed by atoms with Gasteiger partial charge in [0.05, 0.1) is 7.11 Å². The molecule has 0 saturated carbocycles. The Morgan fingerprint density at radius 2 is 2.27 bits per heavy atom. The van der Waals surface area contributed by atoms with Crippen LogP contribution in [0.4, 0.5) is 0 Å². The van der Waals surface area contributed by atoms with E-state index in [1.807, 2.05) is 19.1 Å². The Morgan fingerprint density at radius 1 is 1.60 bits per heavy atom. The highest BCUT2D eigenvalue weighted by Gasteiger charge is 2.13. The normalized spacial score (nSPS) is 12.2. The van der Waals surface area contributed by atoms with Gasteiger partial charge in [-0.15, -0.1) is 0 Å². The smallest absolute Gasteiger partial charge is 0.320 e. The second kappa shape index (κ2) is 4.79. The molecule has 1 atom stereocenters. The number of hydrogen-bond donors (Lipinski definition) is 2. The molecular weight excluding hydrogens is 194 g/mol. The molecule has 4 nitrogen and oxygen atoms in total. The predicted molar refractivity (Wildman–Crippen MR) is 57.0 cm³/mol. The van der Waals surface area contributed by atoms with E-state index in [0.717, 1.165) is 16.9 Å². The number of aliphatic carboxylic acids is 1. The summed E-state index contributed by atoms with van der Waals surface area (Å²) in [6.45, 7) is 1.91. The van der Waals surface area contributed by atoms with Gasteiger partial charge in [-0.05, 0) is 36.6 Å². The van der Waals surface area contributed by atoms with Crippen molar-refractivity contribution >= 4 is 5.97 Å². The molecule has 0 heterocycles. The number of methoxy groups -OCH3 is 1. The molecule has 0 fully saturated rings. The molecule has 82 valence electrons. The largest absolute Gasteiger partial charge is 0.497 e. The number of carboxylic acids is 1. The highest BCUT2D eigenvalue weighted by atomic mass is 16.5. The molecule has 4 heteroatoms. The van der Waals surface area contributed by atoms with E-state index >= 15 is 0 Å². The maximum Gasteiger partial charge on any atom is 0.320 e. The first-order chi connectivity index (χ1) is 7.04. The van der Waals surface area contributed by atoms with Gasteiger partial charge in [0, 0.05) is 0 Å². The maximum atomic E-state index is 10.6. The molecular formula is C11H15NO3. The van der Waals surface area contributed by atoms with Gasteiger partial charge in [-0.25, -0.2) is 0 Å². The van der Waals surface area contributed by atoms with E-state index in [4.69, 9.17) is 15.6 Å². The molecule has 3 N–H and O–H groups in total. The minimum atomic E-state index is -0.981. The molecule has 0 aliphatic carbocycles. The lowest BCUT2D eigenvalue weighted by Gasteiger charge is -2.10. The minimum Gasteiger partial charge on any atom is -0.497 e. The van der Waals surface area contributed by atoms with Crippen LogP contribution in [-0.2, 0) is 11.2 Å². The van der Waals surface area contributed by atoms with Gasteiger partial charge in [-0.2, -0.15) is 0 Å². The summed E-state index contributed by atoms with van der Waals surface area (Å²) in [7, 11) is 1.59. The molecule has 15 heavy (non-hydrogen) atoms. The molecule has 1 rings (SSSR count). The Hall–Kier alpha value is -1.55. The van der Waals surface area contributed by atoms with Crippen molar-refractivity contribution in [2.24, 2.45) is 5.73 Å². The van der Waals surface area contributed by atoms with Crippen molar-refractivity contribution in [3.8, 4) is 5.75 Å². The average Bonchev–Trinajstić information content (AvgIpc) is 2.20. The number of rotatable bonds is 4. The van der Waals surface area contributed by atoms with Crippen LogP contribution in [0.15, 0.2) is 18.2 Å². The first-order valence-corrected chi connectivity index (χ1v) is 4.66. The van der Waals surface area contributed by atoms with E-state index < -0.39 is 12.0 Å². The molecule has 1 aromatic rings. The molecule has 1 unspecified atom stereocenters. The zero-order valence-electron chi connectivity index (χ0n) is 8.86. The van der Waals surface area contributed by atoms with Crippen LogP contribution in [0.3, 0.4) is 0 Å². The Kier molecular flexibility index (Phi) is 3.68. The summed E-state index contributed by atoms with van der Waals surface area (Å²) in [4.78, 5) is 10.6. The third kappa shape index (κ3) is 2.95. The number of aryl methyl sites for hydroxylation is 1. The molecule has 0 amide bonds. The average molecular weight is 209 g/mol. The molecule has 0 spiro atoms. The fraction of sp³-hybridized carbons (Fsp3) is 0.364. The van der Waals surface area contributed by atoms with E-state index in [2.05, 4.69) is 0 Å². The minimum absolute atomic E-state index is 0.338. The first-order valence-electron chi connectivity index (χ1n) is 4.66. The Labute approximate surface area is 88.7 Å². The van der Waals surface area contributed by atoms with Crippen molar-refractivity contribution in [2.45, 2.75) is 19.4 Å². The number of ether oxygens (including phenoxy) is 1. The van der Waals surface area contributed by atoms with Crippen molar-refractivity contribution in [3.05, 3.63) is 29.3 Å². The van der Waals surface area contributed by atoms with Crippen LogP contribution in [-0.4, -0.2) is 24.2 Å². The van der Waals surface area contributed by atoms with Crippen LogP contribution < -0.4 is 10.5 Å². The van der Waals surface area contributed by atoms with Crippen LogP contribution in [0, 0.1) is 6.92 Å². The van der Waals surface area contributed by atoms with E-state index in [9.17, 15) is 4.79 Å². The lowest BCUT2D eigenvalue weighted by Crippen LogP contribution is -2.32. The standard InChI is InChI=1S/C11H15NO3/c1-7-5-9(15-2)4-3-8(7)6-10(12)11(13)14/h3-5,10H,6,12H2,1-2H3,(H,13,14). The van der Waals surface area contributed by atoms with Gasteiger partial charge in [0.2, 0.25) is 0 Å². The molecule has 0 radical (unpaired) electrons. The SMILES string of the molecule is COc1ccc(CC(N)C(=O)O)c(C)c1. The number of carboxylic acid groups (broad SMARTS) is 1. The van der Waals surface area contributed by atoms with Gasteiger partial charge in [0.25, 0.3) is 0 Å². The van der Waals surface area contributed by atoms with Crippen LogP contribution in [0.2, 0.25) is 0 Å². The zero-order valence-corrected chi connectivity index (χ0v) is 8.86. The van der Waals surface area contributed by atoms with E-state index in [1.54, 1.807) is 13.2 Å². The number of benzene rings is 1. The third-order valence-corrected chi connectivity index (χ3v) is 2.31. The number of hydrogen-bond acceptors (Lipinski definition) is 3. The maximum absolute atomic E-state index is 10.6. The van der Waals surface area contributed by atoms with Crippen LogP contribution in [0.1, 0.15) is 11.1 Å². The summed E-state index contributed by atoms with van der Waals surface area (Å²) in [5, 5.41) is 8.69. The van der Waals surface area contributed by atoms with Crippen molar-refractivity contribution in [1.29, 1.82) is 0 Å². The van der Waals surface area contributed by atoms with Crippen LogP contribution >= 0.6 is 0 Å². The summed E-state index contributed by atoms with van der Waals surface area (Å²) in [6, 6.07) is 4.66. The second-order valence-electron chi connectivity index (χ2n) is 3.44. The Morgan fingerprint density at radius 3 is 2.73 bits per heavy atom. The van der Waals surface area contributed by atoms with Gasteiger partial charge in [0.15, 0.2) is 0 Å². The lowest BCUT2D eigenvalue weighted by molar-refractivity contribution is -0.138. The van der Waals surface area contributed by atoms with Crippen molar-refractivity contribution in [1.82, 2.24) is 0 Å². The number of carbonyl (C=O) groups is 1. The van der Waals surface area contributed by atoms with Gasteiger partial charge < -0.3 is 15.6 Å². The lowest BCUT2D eigenvalue weighted by atomic mass is 10.0. The van der Waals surface area contributed by atoms with Crippen molar-refractivity contribution in [2.75, 3.05) is 7.11 Å². The highest BCUT2D eigenvalue weighted by Crippen LogP contribution is 2.17. The molecule has 0 saturated heterocycles. The molecule has 0 aliphatic rings. The fourth-order valence-electron chi connectivity index (χ4n) is 1.35. The Bertz CT molecular complexity index is 363. The molecule has 0 bridgehead atoms.